The number of aromatic nitrogens is 1. The molecule has 2 aliphatic carbocycles. The number of nitrogens with zero attached hydrogens (tertiary/aromatic N) is 3. The van der Waals surface area contributed by atoms with Gasteiger partial charge in [-0.3, -0.25) is 0 Å². The number of rotatable bonds is 4. The number of nitriles is 1. The van der Waals surface area contributed by atoms with Crippen LogP contribution in [0.4, 0.5) is 6.01 Å². The van der Waals surface area contributed by atoms with Crippen molar-refractivity contribution in [2.75, 3.05) is 11.2 Å². The average Bonchev–Trinajstić information content (AvgIpc) is 2.63. The van der Waals surface area contributed by atoms with Gasteiger partial charge in [-0.25, -0.2) is 4.79 Å². The van der Waals surface area contributed by atoms with Gasteiger partial charge in [-0.1, -0.05) is 38.5 Å². The Kier molecular flexibility index (Phi) is 5.83. The minimum atomic E-state index is -0.552. The van der Waals surface area contributed by atoms with E-state index in [0.717, 1.165) is 25.7 Å². The van der Waals surface area contributed by atoms with Crippen LogP contribution >= 0.6 is 11.8 Å². The third-order valence-electron chi connectivity index (χ3n) is 5.26. The number of anilines is 1. The van der Waals surface area contributed by atoms with Gasteiger partial charge in [0.15, 0.2) is 5.56 Å². The van der Waals surface area contributed by atoms with E-state index >= 15 is 0 Å². The maximum atomic E-state index is 12.3. The summed E-state index contributed by atoms with van der Waals surface area (Å²) >= 11 is 1.34. The lowest BCUT2D eigenvalue weighted by molar-refractivity contribution is 0.311. The molecular formula is C18H25N3O2S. The maximum Gasteiger partial charge on any atom is 0.359 e. The molecule has 2 saturated carbocycles. The van der Waals surface area contributed by atoms with Gasteiger partial charge < -0.3 is 9.32 Å². The molecule has 2 fully saturated rings. The predicted molar refractivity (Wildman–Crippen MR) is 95.5 cm³/mol. The molecule has 0 unspecified atom stereocenters. The Bertz CT molecular complexity index is 637. The minimum absolute atomic E-state index is 0.0264. The van der Waals surface area contributed by atoms with E-state index in [1.165, 1.54) is 50.3 Å². The fourth-order valence-corrected chi connectivity index (χ4v) is 4.57. The quantitative estimate of drug-likeness (QED) is 0.764. The van der Waals surface area contributed by atoms with E-state index in [4.69, 9.17) is 4.42 Å². The number of hydrogen-bond donors (Lipinski definition) is 0. The Labute approximate surface area is 147 Å². The molecule has 0 aromatic carbocycles. The zero-order valence-corrected chi connectivity index (χ0v) is 15.1. The molecule has 0 spiro atoms. The van der Waals surface area contributed by atoms with Crippen LogP contribution in [0.15, 0.2) is 14.2 Å². The van der Waals surface area contributed by atoms with Gasteiger partial charge in [-0.05, 0) is 31.9 Å². The van der Waals surface area contributed by atoms with Crippen molar-refractivity contribution < 1.29 is 4.42 Å². The molecule has 5 nitrogen and oxygen atoms in total. The molecule has 2 aliphatic rings. The van der Waals surface area contributed by atoms with Crippen molar-refractivity contribution in [1.29, 1.82) is 5.26 Å². The van der Waals surface area contributed by atoms with Gasteiger partial charge in [-0.15, -0.1) is 11.8 Å². The first kappa shape index (κ1) is 17.3. The molecule has 0 saturated heterocycles. The van der Waals surface area contributed by atoms with Gasteiger partial charge in [0.25, 0.3) is 0 Å². The summed E-state index contributed by atoms with van der Waals surface area (Å²) in [5, 5.41) is 9.67. The topological polar surface area (TPSA) is 70.1 Å². The van der Waals surface area contributed by atoms with Crippen LogP contribution in [0.3, 0.4) is 0 Å². The van der Waals surface area contributed by atoms with Gasteiger partial charge in [0.1, 0.15) is 11.1 Å². The molecule has 0 N–H and O–H groups in total. The Hall–Kier alpha value is -1.48. The highest BCUT2D eigenvalue weighted by Crippen LogP contribution is 2.33. The van der Waals surface area contributed by atoms with E-state index < -0.39 is 5.63 Å². The Morgan fingerprint density at radius 2 is 1.62 bits per heavy atom. The van der Waals surface area contributed by atoms with Crippen LogP contribution in [0.2, 0.25) is 0 Å². The van der Waals surface area contributed by atoms with Crippen LogP contribution in [0.5, 0.6) is 0 Å². The Morgan fingerprint density at radius 1 is 1.08 bits per heavy atom. The summed E-state index contributed by atoms with van der Waals surface area (Å²) < 4.78 is 5.53. The summed E-state index contributed by atoms with van der Waals surface area (Å²) in [4.78, 5) is 19.1. The van der Waals surface area contributed by atoms with Crippen LogP contribution in [0.1, 0.15) is 69.8 Å². The maximum absolute atomic E-state index is 12.3. The lowest BCUT2D eigenvalue weighted by Gasteiger charge is -2.41. The minimum Gasteiger partial charge on any atom is -0.388 e. The van der Waals surface area contributed by atoms with Crippen molar-refractivity contribution in [3.8, 4) is 6.07 Å². The van der Waals surface area contributed by atoms with E-state index in [9.17, 15) is 10.1 Å². The van der Waals surface area contributed by atoms with Crippen LogP contribution in [-0.2, 0) is 0 Å². The molecule has 130 valence electrons. The standard InChI is InChI=1S/C18H25N3O2S/c1-24-16-15(12-19)17(22)23-18(20-16)21(13-8-4-2-5-9-13)14-10-6-3-7-11-14/h13-14H,2-11H2,1H3. The largest absolute Gasteiger partial charge is 0.388 e. The van der Waals surface area contributed by atoms with E-state index in [2.05, 4.69) is 9.88 Å². The zero-order chi connectivity index (χ0) is 16.9. The van der Waals surface area contributed by atoms with Gasteiger partial charge in [0.05, 0.1) is 0 Å². The predicted octanol–water partition coefficient (Wildman–Crippen LogP) is 4.10. The first-order valence-electron chi connectivity index (χ1n) is 9.02. The van der Waals surface area contributed by atoms with Crippen LogP contribution in [0, 0.1) is 11.3 Å². The Morgan fingerprint density at radius 3 is 2.08 bits per heavy atom. The van der Waals surface area contributed by atoms with Gasteiger partial charge in [0, 0.05) is 12.1 Å². The molecule has 24 heavy (non-hydrogen) atoms. The normalized spacial score (nSPS) is 19.8. The summed E-state index contributed by atoms with van der Waals surface area (Å²) in [7, 11) is 0. The van der Waals surface area contributed by atoms with E-state index in [1.54, 1.807) is 0 Å². The summed E-state index contributed by atoms with van der Waals surface area (Å²) in [5.74, 6) is 0. The highest BCUT2D eigenvalue weighted by atomic mass is 32.2. The van der Waals surface area contributed by atoms with Crippen molar-refractivity contribution in [1.82, 2.24) is 4.98 Å². The second kappa shape index (κ2) is 8.06. The summed E-state index contributed by atoms with van der Waals surface area (Å²) in [6.45, 7) is 0. The molecule has 6 heteroatoms. The van der Waals surface area contributed by atoms with Gasteiger partial charge >= 0.3 is 11.6 Å². The van der Waals surface area contributed by atoms with Crippen LogP contribution in [0.25, 0.3) is 0 Å². The van der Waals surface area contributed by atoms with Crippen molar-refractivity contribution in [3.63, 3.8) is 0 Å². The van der Waals surface area contributed by atoms with Gasteiger partial charge in [-0.2, -0.15) is 10.2 Å². The molecule has 0 atom stereocenters. The summed E-state index contributed by atoms with van der Waals surface area (Å²) in [6.07, 6.45) is 13.9. The molecule has 3 rings (SSSR count). The molecular weight excluding hydrogens is 322 g/mol. The van der Waals surface area contributed by atoms with E-state index in [1.807, 2.05) is 12.3 Å². The van der Waals surface area contributed by atoms with Crippen molar-refractivity contribution in [3.05, 3.63) is 16.0 Å². The monoisotopic (exact) mass is 347 g/mol. The lowest BCUT2D eigenvalue weighted by Crippen LogP contribution is -2.46. The zero-order valence-electron chi connectivity index (χ0n) is 14.3. The molecule has 0 amide bonds. The molecule has 1 aromatic rings. The lowest BCUT2D eigenvalue weighted by atomic mass is 9.89. The summed E-state index contributed by atoms with van der Waals surface area (Å²) in [5.41, 5.74) is -0.526. The second-order valence-electron chi connectivity index (χ2n) is 6.77. The number of hydrogen-bond acceptors (Lipinski definition) is 6. The fourth-order valence-electron chi connectivity index (χ4n) is 4.07. The third kappa shape index (κ3) is 3.61. The Balaban J connectivity index is 1.99. The van der Waals surface area contributed by atoms with Crippen LogP contribution in [-0.4, -0.2) is 23.3 Å². The fraction of sp³-hybridized carbons (Fsp3) is 0.722. The summed E-state index contributed by atoms with van der Waals surface area (Å²) in [6, 6.07) is 3.17. The number of thioether (sulfide) groups is 1. The molecule has 0 radical (unpaired) electrons. The average molecular weight is 347 g/mol. The van der Waals surface area contributed by atoms with Crippen molar-refractivity contribution in [2.45, 2.75) is 81.3 Å². The van der Waals surface area contributed by atoms with Crippen molar-refractivity contribution >= 4 is 17.8 Å². The third-order valence-corrected chi connectivity index (χ3v) is 5.94. The molecule has 1 aromatic heterocycles. The smallest absolute Gasteiger partial charge is 0.359 e. The van der Waals surface area contributed by atoms with Crippen LogP contribution < -0.4 is 10.5 Å². The first-order chi connectivity index (χ1) is 11.7. The van der Waals surface area contributed by atoms with Gasteiger partial charge in [0.2, 0.25) is 0 Å². The van der Waals surface area contributed by atoms with E-state index in [-0.39, 0.29) is 5.56 Å². The second-order valence-corrected chi connectivity index (χ2v) is 7.57. The SMILES string of the molecule is CSc1nc(N(C2CCCCC2)C2CCCCC2)oc(=O)c1C#N. The molecule has 0 aliphatic heterocycles. The van der Waals surface area contributed by atoms with Crippen molar-refractivity contribution in [2.24, 2.45) is 0 Å². The molecule has 0 bridgehead atoms. The van der Waals surface area contributed by atoms with E-state index in [0.29, 0.717) is 23.1 Å². The highest BCUT2D eigenvalue weighted by molar-refractivity contribution is 7.98. The first-order valence-corrected chi connectivity index (χ1v) is 10.2. The highest BCUT2D eigenvalue weighted by Gasteiger charge is 2.32. The molecule has 1 heterocycles.